The van der Waals surface area contributed by atoms with Crippen LogP contribution in [0.4, 0.5) is 0 Å². The molecule has 0 bridgehead atoms. The second-order valence-electron chi connectivity index (χ2n) is 4.81. The molecule has 6 N–H and O–H groups in total. The van der Waals surface area contributed by atoms with Crippen LogP contribution in [0.2, 0.25) is 0 Å². The Morgan fingerprint density at radius 3 is 2.43 bits per heavy atom. The molecule has 7 nitrogen and oxygen atoms in total. The van der Waals surface area contributed by atoms with Gasteiger partial charge in [-0.25, -0.2) is 4.99 Å². The molecule has 1 atom stereocenters. The van der Waals surface area contributed by atoms with E-state index in [4.69, 9.17) is 11.5 Å². The van der Waals surface area contributed by atoms with Crippen molar-refractivity contribution in [2.24, 2.45) is 16.5 Å². The van der Waals surface area contributed by atoms with Crippen molar-refractivity contribution in [3.05, 3.63) is 35.4 Å². The van der Waals surface area contributed by atoms with Crippen molar-refractivity contribution in [2.45, 2.75) is 19.4 Å². The molecule has 0 aliphatic carbocycles. The molecule has 0 aliphatic rings. The second-order valence-corrected chi connectivity index (χ2v) is 4.81. The van der Waals surface area contributed by atoms with Gasteiger partial charge in [0, 0.05) is 26.0 Å². The first-order valence-corrected chi connectivity index (χ1v) is 7.04. The quantitative estimate of drug-likeness (QED) is 0.319. The number of benzene rings is 1. The molecular weight excluding hydrogens is 294 g/mol. The zero-order chi connectivity index (χ0) is 17.2. The van der Waals surface area contributed by atoms with Crippen molar-refractivity contribution < 1.29 is 9.59 Å². The van der Waals surface area contributed by atoms with Gasteiger partial charge in [-0.3, -0.25) is 9.59 Å². The summed E-state index contributed by atoms with van der Waals surface area (Å²) in [6, 6.07) is 6.81. The Hall–Kier alpha value is -3.01. The summed E-state index contributed by atoms with van der Waals surface area (Å²) in [5, 5.41) is 5.17. The van der Waals surface area contributed by atoms with Crippen LogP contribution in [-0.4, -0.2) is 37.4 Å². The van der Waals surface area contributed by atoms with Crippen LogP contribution in [0.3, 0.4) is 0 Å². The van der Waals surface area contributed by atoms with E-state index in [0.29, 0.717) is 6.42 Å². The largest absolute Gasteiger partial charge is 0.370 e. The zero-order valence-corrected chi connectivity index (χ0v) is 13.2. The molecule has 1 rings (SSSR count). The van der Waals surface area contributed by atoms with E-state index in [-0.39, 0.29) is 24.3 Å². The van der Waals surface area contributed by atoms with Crippen LogP contribution in [-0.2, 0) is 16.0 Å². The summed E-state index contributed by atoms with van der Waals surface area (Å²) in [7, 11) is 1.53. The van der Waals surface area contributed by atoms with Gasteiger partial charge in [-0.05, 0) is 17.7 Å². The number of carbonyl (C=O) groups is 2. The Morgan fingerprint density at radius 1 is 1.26 bits per heavy atom. The van der Waals surface area contributed by atoms with E-state index in [9.17, 15) is 9.59 Å². The van der Waals surface area contributed by atoms with Crippen LogP contribution in [0.25, 0.3) is 0 Å². The first kappa shape index (κ1) is 18.0. The molecule has 122 valence electrons. The van der Waals surface area contributed by atoms with E-state index in [1.165, 1.54) is 14.0 Å². The third-order valence-electron chi connectivity index (χ3n) is 2.91. The average molecular weight is 315 g/mol. The second kappa shape index (κ2) is 9.10. The molecule has 0 saturated carbocycles. The van der Waals surface area contributed by atoms with E-state index < -0.39 is 6.04 Å². The van der Waals surface area contributed by atoms with Gasteiger partial charge in [0.1, 0.15) is 12.6 Å². The summed E-state index contributed by atoms with van der Waals surface area (Å²) in [6.45, 7) is 1.62. The Bertz CT molecular complexity index is 637. The molecule has 1 unspecified atom stereocenters. The van der Waals surface area contributed by atoms with E-state index in [2.05, 4.69) is 27.5 Å². The van der Waals surface area contributed by atoms with Gasteiger partial charge in [0.25, 0.3) is 0 Å². The van der Waals surface area contributed by atoms with Crippen LogP contribution in [0.5, 0.6) is 0 Å². The lowest BCUT2D eigenvalue weighted by molar-refractivity contribution is -0.127. The molecule has 0 heterocycles. The number of carbonyl (C=O) groups excluding carboxylic acids is 2. The molecule has 0 aromatic heterocycles. The van der Waals surface area contributed by atoms with E-state index in [1.807, 2.05) is 24.3 Å². The van der Waals surface area contributed by atoms with E-state index >= 15 is 0 Å². The summed E-state index contributed by atoms with van der Waals surface area (Å²) < 4.78 is 0. The Morgan fingerprint density at radius 2 is 1.91 bits per heavy atom. The number of hydrogen-bond acceptors (Lipinski definition) is 3. The average Bonchev–Trinajstić information content (AvgIpc) is 2.51. The number of amides is 2. The van der Waals surface area contributed by atoms with Gasteiger partial charge >= 0.3 is 0 Å². The molecule has 0 fully saturated rings. The van der Waals surface area contributed by atoms with Gasteiger partial charge in [0.05, 0.1) is 0 Å². The minimum absolute atomic E-state index is 0.00728. The third-order valence-corrected chi connectivity index (χ3v) is 2.91. The maximum atomic E-state index is 11.8. The Balaban J connectivity index is 2.73. The Labute approximate surface area is 135 Å². The van der Waals surface area contributed by atoms with Gasteiger partial charge in [-0.15, -0.1) is 0 Å². The highest BCUT2D eigenvalue weighted by atomic mass is 16.2. The van der Waals surface area contributed by atoms with Crippen molar-refractivity contribution in [3.63, 3.8) is 0 Å². The fourth-order valence-corrected chi connectivity index (χ4v) is 1.86. The van der Waals surface area contributed by atoms with Gasteiger partial charge in [-0.1, -0.05) is 24.0 Å². The summed E-state index contributed by atoms with van der Waals surface area (Å²) in [4.78, 5) is 26.7. The van der Waals surface area contributed by atoms with E-state index in [1.54, 1.807) is 0 Å². The van der Waals surface area contributed by atoms with Crippen molar-refractivity contribution >= 4 is 17.8 Å². The molecule has 1 aromatic carbocycles. The van der Waals surface area contributed by atoms with Gasteiger partial charge in [-0.2, -0.15) is 0 Å². The highest BCUT2D eigenvalue weighted by molar-refractivity contribution is 5.86. The fourth-order valence-electron chi connectivity index (χ4n) is 1.86. The molecule has 7 heteroatoms. The standard InChI is InChI=1S/C16H21N5O2/c1-11(22)21-14(15(23)19-2)10-13-7-5-12(6-8-13)4-3-9-20-16(17)18/h5-8,14H,9-10H2,1-2H3,(H,19,23)(H,21,22)(H4,17,18,20). The van der Waals surface area contributed by atoms with Crippen LogP contribution in [0.15, 0.2) is 29.3 Å². The maximum Gasteiger partial charge on any atom is 0.242 e. The number of nitrogens with one attached hydrogen (secondary N) is 2. The minimum atomic E-state index is -0.601. The normalized spacial score (nSPS) is 10.7. The topological polar surface area (TPSA) is 123 Å². The summed E-state index contributed by atoms with van der Waals surface area (Å²) in [5.41, 5.74) is 12.1. The minimum Gasteiger partial charge on any atom is -0.370 e. The smallest absolute Gasteiger partial charge is 0.242 e. The molecule has 0 aliphatic heterocycles. The lowest BCUT2D eigenvalue weighted by atomic mass is 10.0. The van der Waals surface area contributed by atoms with Gasteiger partial charge in [0.15, 0.2) is 5.96 Å². The van der Waals surface area contributed by atoms with Crippen molar-refractivity contribution in [1.82, 2.24) is 10.6 Å². The lowest BCUT2D eigenvalue weighted by Gasteiger charge is -2.16. The van der Waals surface area contributed by atoms with Gasteiger partial charge < -0.3 is 22.1 Å². The molecule has 1 aromatic rings. The number of likely N-dealkylation sites (N-methyl/N-ethyl adjacent to an activating group) is 1. The summed E-state index contributed by atoms with van der Waals surface area (Å²) in [6.07, 6.45) is 0.404. The Kier molecular flexibility index (Phi) is 7.14. The highest BCUT2D eigenvalue weighted by Crippen LogP contribution is 2.07. The maximum absolute atomic E-state index is 11.8. The van der Waals surface area contributed by atoms with Crippen LogP contribution < -0.4 is 22.1 Å². The van der Waals surface area contributed by atoms with Crippen LogP contribution in [0, 0.1) is 11.8 Å². The SMILES string of the molecule is CNC(=O)C(Cc1ccc(C#CCN=C(N)N)cc1)NC(C)=O. The zero-order valence-electron chi connectivity index (χ0n) is 13.2. The lowest BCUT2D eigenvalue weighted by Crippen LogP contribution is -2.46. The number of rotatable bonds is 5. The predicted molar refractivity (Wildman–Crippen MR) is 89.4 cm³/mol. The predicted octanol–water partition coefficient (Wildman–Crippen LogP) is -0.895. The van der Waals surface area contributed by atoms with E-state index in [0.717, 1.165) is 11.1 Å². The number of guanidine groups is 1. The first-order valence-electron chi connectivity index (χ1n) is 7.04. The van der Waals surface area contributed by atoms with Crippen LogP contribution >= 0.6 is 0 Å². The fraction of sp³-hybridized carbons (Fsp3) is 0.312. The van der Waals surface area contributed by atoms with Crippen molar-refractivity contribution in [1.29, 1.82) is 0 Å². The van der Waals surface area contributed by atoms with Crippen molar-refractivity contribution in [3.8, 4) is 11.8 Å². The number of nitrogens with two attached hydrogens (primary N) is 2. The number of aliphatic imine (C=N–C) groups is 1. The third kappa shape index (κ3) is 7.00. The number of hydrogen-bond donors (Lipinski definition) is 4. The molecule has 0 saturated heterocycles. The summed E-state index contributed by atoms with van der Waals surface area (Å²) >= 11 is 0. The molecule has 0 spiro atoms. The molecule has 0 radical (unpaired) electrons. The number of nitrogens with zero attached hydrogens (tertiary/aromatic N) is 1. The van der Waals surface area contributed by atoms with Crippen molar-refractivity contribution in [2.75, 3.05) is 13.6 Å². The highest BCUT2D eigenvalue weighted by Gasteiger charge is 2.18. The first-order chi connectivity index (χ1) is 10.9. The van der Waals surface area contributed by atoms with Crippen LogP contribution in [0.1, 0.15) is 18.1 Å². The molecular formula is C16H21N5O2. The molecule has 2 amide bonds. The molecule has 23 heavy (non-hydrogen) atoms. The van der Waals surface area contributed by atoms with Gasteiger partial charge in [0.2, 0.25) is 11.8 Å². The summed E-state index contributed by atoms with van der Waals surface area (Å²) in [5.74, 6) is 5.28. The monoisotopic (exact) mass is 315 g/mol.